The van der Waals surface area contributed by atoms with Crippen LogP contribution in [-0.4, -0.2) is 28.5 Å². The predicted molar refractivity (Wildman–Crippen MR) is 76.8 cm³/mol. The molecular formula is C15H18N2O3. The summed E-state index contributed by atoms with van der Waals surface area (Å²) in [5.74, 6) is -1.16. The lowest BCUT2D eigenvalue weighted by Crippen LogP contribution is -2.29. The first-order valence-electron chi connectivity index (χ1n) is 6.55. The van der Waals surface area contributed by atoms with Crippen LogP contribution in [0, 0.1) is 12.8 Å². The van der Waals surface area contributed by atoms with E-state index in [4.69, 9.17) is 5.11 Å². The second kappa shape index (κ2) is 5.77. The van der Waals surface area contributed by atoms with Gasteiger partial charge in [-0.15, -0.1) is 0 Å². The number of H-pyrrole nitrogens is 1. The quantitative estimate of drug-likeness (QED) is 0.782. The fourth-order valence-electron chi connectivity index (χ4n) is 2.10. The van der Waals surface area contributed by atoms with Crippen LogP contribution in [0.1, 0.15) is 29.4 Å². The Balaban J connectivity index is 2.02. The largest absolute Gasteiger partial charge is 0.481 e. The smallest absolute Gasteiger partial charge is 0.303 e. The Hall–Kier alpha value is -2.30. The molecule has 0 bridgehead atoms. The Labute approximate surface area is 117 Å². The minimum absolute atomic E-state index is 0.0478. The summed E-state index contributed by atoms with van der Waals surface area (Å²) in [5.41, 5.74) is 2.54. The number of aromatic nitrogens is 1. The number of aliphatic carboxylic acids is 1. The zero-order chi connectivity index (χ0) is 14.7. The molecule has 5 nitrogen and oxygen atoms in total. The molecule has 0 radical (unpaired) electrons. The molecule has 0 aliphatic heterocycles. The predicted octanol–water partition coefficient (Wildman–Crippen LogP) is 2.32. The van der Waals surface area contributed by atoms with E-state index in [2.05, 4.69) is 10.3 Å². The van der Waals surface area contributed by atoms with E-state index >= 15 is 0 Å². The Morgan fingerprint density at radius 1 is 1.35 bits per heavy atom. The summed E-state index contributed by atoms with van der Waals surface area (Å²) in [6.45, 7) is 4.14. The number of fused-ring (bicyclic) bond motifs is 1. The second-order valence-electron chi connectivity index (χ2n) is 5.19. The summed E-state index contributed by atoms with van der Waals surface area (Å²) in [6.07, 6.45) is 0.0478. The molecule has 1 atom stereocenters. The van der Waals surface area contributed by atoms with Crippen LogP contribution in [0.3, 0.4) is 0 Å². The van der Waals surface area contributed by atoms with Crippen molar-refractivity contribution >= 4 is 22.8 Å². The maximum absolute atomic E-state index is 12.0. The molecule has 5 heteroatoms. The third-order valence-electron chi connectivity index (χ3n) is 3.16. The van der Waals surface area contributed by atoms with Crippen LogP contribution in [-0.2, 0) is 4.79 Å². The highest BCUT2D eigenvalue weighted by Gasteiger charge is 2.12. The van der Waals surface area contributed by atoms with Crippen molar-refractivity contribution < 1.29 is 14.7 Å². The third-order valence-corrected chi connectivity index (χ3v) is 3.16. The fraction of sp³-hybridized carbons (Fsp3) is 0.333. The van der Waals surface area contributed by atoms with Crippen molar-refractivity contribution in [3.8, 4) is 0 Å². The van der Waals surface area contributed by atoms with Crippen LogP contribution in [0.15, 0.2) is 24.3 Å². The van der Waals surface area contributed by atoms with Gasteiger partial charge in [0.1, 0.15) is 5.69 Å². The molecule has 1 unspecified atom stereocenters. The van der Waals surface area contributed by atoms with E-state index in [-0.39, 0.29) is 18.2 Å². The van der Waals surface area contributed by atoms with Gasteiger partial charge in [0.2, 0.25) is 0 Å². The van der Waals surface area contributed by atoms with Crippen LogP contribution < -0.4 is 5.32 Å². The van der Waals surface area contributed by atoms with Gasteiger partial charge in [0.15, 0.2) is 0 Å². The van der Waals surface area contributed by atoms with Crippen molar-refractivity contribution in [1.82, 2.24) is 10.3 Å². The molecule has 1 heterocycles. The van der Waals surface area contributed by atoms with Crippen molar-refractivity contribution in [2.24, 2.45) is 5.92 Å². The van der Waals surface area contributed by atoms with E-state index < -0.39 is 5.97 Å². The Morgan fingerprint density at radius 2 is 2.10 bits per heavy atom. The van der Waals surface area contributed by atoms with Crippen molar-refractivity contribution in [3.63, 3.8) is 0 Å². The Morgan fingerprint density at radius 3 is 2.80 bits per heavy atom. The molecule has 0 aliphatic carbocycles. The van der Waals surface area contributed by atoms with Gasteiger partial charge in [0, 0.05) is 23.9 Å². The number of carbonyl (C=O) groups excluding carboxylic acids is 1. The van der Waals surface area contributed by atoms with Gasteiger partial charge in [-0.05, 0) is 30.5 Å². The van der Waals surface area contributed by atoms with Gasteiger partial charge in [-0.3, -0.25) is 9.59 Å². The molecule has 0 aliphatic rings. The molecule has 0 fully saturated rings. The summed E-state index contributed by atoms with van der Waals surface area (Å²) >= 11 is 0. The van der Waals surface area contributed by atoms with E-state index in [0.717, 1.165) is 16.5 Å². The first-order valence-corrected chi connectivity index (χ1v) is 6.55. The number of rotatable bonds is 5. The van der Waals surface area contributed by atoms with Gasteiger partial charge in [-0.2, -0.15) is 0 Å². The first kappa shape index (κ1) is 14.1. The number of aromatic amines is 1. The van der Waals surface area contributed by atoms with E-state index in [1.54, 1.807) is 13.0 Å². The second-order valence-corrected chi connectivity index (χ2v) is 5.19. The average Bonchev–Trinajstić information content (AvgIpc) is 2.78. The molecule has 3 N–H and O–H groups in total. The number of carbonyl (C=O) groups is 2. The number of benzene rings is 1. The van der Waals surface area contributed by atoms with Gasteiger partial charge < -0.3 is 15.4 Å². The molecule has 1 aromatic carbocycles. The van der Waals surface area contributed by atoms with Crippen LogP contribution >= 0.6 is 0 Å². The van der Waals surface area contributed by atoms with Gasteiger partial charge in [0.05, 0.1) is 0 Å². The number of amides is 1. The van der Waals surface area contributed by atoms with E-state index in [1.165, 1.54) is 0 Å². The van der Waals surface area contributed by atoms with Crippen LogP contribution in [0.2, 0.25) is 0 Å². The zero-order valence-corrected chi connectivity index (χ0v) is 11.6. The lowest BCUT2D eigenvalue weighted by atomic mass is 10.1. The van der Waals surface area contributed by atoms with E-state index in [0.29, 0.717) is 12.2 Å². The summed E-state index contributed by atoms with van der Waals surface area (Å²) in [5, 5.41) is 12.4. The minimum atomic E-state index is -0.854. The number of carboxylic acids is 1. The first-order chi connectivity index (χ1) is 9.45. The molecule has 0 spiro atoms. The number of carboxylic acid groups (broad SMARTS) is 1. The lowest BCUT2D eigenvalue weighted by Gasteiger charge is -2.09. The standard InChI is InChI=1S/C15H18N2O3/c1-9-3-4-11-7-13(17-12(11)5-9)15(20)16-8-10(2)6-14(18)19/h3-5,7,10,17H,6,8H2,1-2H3,(H,16,20)(H,18,19). The minimum Gasteiger partial charge on any atom is -0.481 e. The Kier molecular flexibility index (Phi) is 4.08. The van der Waals surface area contributed by atoms with Crippen molar-refractivity contribution in [1.29, 1.82) is 0 Å². The Bertz CT molecular complexity index is 646. The molecule has 20 heavy (non-hydrogen) atoms. The van der Waals surface area contributed by atoms with Crippen LogP contribution in [0.4, 0.5) is 0 Å². The molecule has 0 saturated heterocycles. The highest BCUT2D eigenvalue weighted by Crippen LogP contribution is 2.16. The molecule has 2 rings (SSSR count). The molecule has 1 amide bonds. The molecule has 2 aromatic rings. The fourth-order valence-corrected chi connectivity index (χ4v) is 2.10. The van der Waals surface area contributed by atoms with Crippen LogP contribution in [0.25, 0.3) is 10.9 Å². The monoisotopic (exact) mass is 274 g/mol. The van der Waals surface area contributed by atoms with E-state index in [1.807, 2.05) is 25.1 Å². The van der Waals surface area contributed by atoms with Gasteiger partial charge in [-0.1, -0.05) is 19.1 Å². The van der Waals surface area contributed by atoms with Crippen LogP contribution in [0.5, 0.6) is 0 Å². The highest BCUT2D eigenvalue weighted by molar-refractivity contribution is 5.98. The topological polar surface area (TPSA) is 82.2 Å². The van der Waals surface area contributed by atoms with Crippen molar-refractivity contribution in [3.05, 3.63) is 35.5 Å². The van der Waals surface area contributed by atoms with Gasteiger partial charge >= 0.3 is 5.97 Å². The normalized spacial score (nSPS) is 12.3. The SMILES string of the molecule is Cc1ccc2cc(C(=O)NCC(C)CC(=O)O)[nH]c2c1. The number of aryl methyl sites for hydroxylation is 1. The molecule has 106 valence electrons. The van der Waals surface area contributed by atoms with Crippen molar-refractivity contribution in [2.75, 3.05) is 6.54 Å². The number of hydrogen-bond donors (Lipinski definition) is 3. The highest BCUT2D eigenvalue weighted by atomic mass is 16.4. The summed E-state index contributed by atoms with van der Waals surface area (Å²) in [4.78, 5) is 25.6. The summed E-state index contributed by atoms with van der Waals surface area (Å²) < 4.78 is 0. The van der Waals surface area contributed by atoms with Gasteiger partial charge in [0.25, 0.3) is 5.91 Å². The maximum atomic E-state index is 12.0. The zero-order valence-electron chi connectivity index (χ0n) is 11.6. The molecule has 0 saturated carbocycles. The summed E-state index contributed by atoms with van der Waals surface area (Å²) in [6, 6.07) is 7.74. The number of nitrogens with one attached hydrogen (secondary N) is 2. The third kappa shape index (κ3) is 3.38. The van der Waals surface area contributed by atoms with Crippen molar-refractivity contribution in [2.45, 2.75) is 20.3 Å². The molecule has 1 aromatic heterocycles. The molecular weight excluding hydrogens is 256 g/mol. The van der Waals surface area contributed by atoms with Gasteiger partial charge in [-0.25, -0.2) is 0 Å². The lowest BCUT2D eigenvalue weighted by molar-refractivity contribution is -0.137. The van der Waals surface area contributed by atoms with E-state index in [9.17, 15) is 9.59 Å². The maximum Gasteiger partial charge on any atom is 0.303 e. The number of hydrogen-bond acceptors (Lipinski definition) is 2. The average molecular weight is 274 g/mol. The summed E-state index contributed by atoms with van der Waals surface area (Å²) in [7, 11) is 0.